The normalized spacial score (nSPS) is 9.61. The van der Waals surface area contributed by atoms with Crippen molar-refractivity contribution in [3.8, 4) is 0 Å². The molecule has 3 nitrogen and oxygen atoms in total. The van der Waals surface area contributed by atoms with E-state index in [1.807, 2.05) is 0 Å². The third kappa shape index (κ3) is 4.95. The molecule has 1 aromatic carbocycles. The lowest BCUT2D eigenvalue weighted by Crippen LogP contribution is -2.30. The third-order valence-electron chi connectivity index (χ3n) is 2.59. The van der Waals surface area contributed by atoms with E-state index in [9.17, 15) is 0 Å². The van der Waals surface area contributed by atoms with Gasteiger partial charge in [-0.05, 0) is 19.1 Å². The molecule has 0 aromatic heterocycles. The molecule has 0 aliphatic rings. The lowest BCUT2D eigenvalue weighted by atomic mass is 10.2. The van der Waals surface area contributed by atoms with Crippen LogP contribution in [0.15, 0.2) is 49.9 Å². The Labute approximate surface area is 109 Å². The predicted molar refractivity (Wildman–Crippen MR) is 75.7 cm³/mol. The molecule has 0 amide bonds. The molecule has 0 atom stereocenters. The standard InChI is InChI=1S/C15H21NO2/c1-4-17-12-10-16(11-13-18-5-2)15-8-6-14(3)7-9-15/h4-9H,1-2,10-13H2,3H3. The van der Waals surface area contributed by atoms with Gasteiger partial charge >= 0.3 is 0 Å². The van der Waals surface area contributed by atoms with Crippen molar-refractivity contribution >= 4 is 5.69 Å². The van der Waals surface area contributed by atoms with Gasteiger partial charge in [0.15, 0.2) is 0 Å². The highest BCUT2D eigenvalue weighted by Gasteiger charge is 2.05. The van der Waals surface area contributed by atoms with Crippen LogP contribution in [0, 0.1) is 6.92 Å². The van der Waals surface area contributed by atoms with Gasteiger partial charge in [-0.25, -0.2) is 0 Å². The predicted octanol–water partition coefficient (Wildman–Crippen LogP) is 3.12. The summed E-state index contributed by atoms with van der Waals surface area (Å²) in [6.45, 7) is 12.0. The molecular weight excluding hydrogens is 226 g/mol. The zero-order chi connectivity index (χ0) is 13.2. The van der Waals surface area contributed by atoms with Crippen molar-refractivity contribution < 1.29 is 9.47 Å². The summed E-state index contributed by atoms with van der Waals surface area (Å²) in [4.78, 5) is 2.21. The van der Waals surface area contributed by atoms with Gasteiger partial charge in [0, 0.05) is 5.69 Å². The lowest BCUT2D eigenvalue weighted by Gasteiger charge is -2.24. The Bertz CT molecular complexity index is 345. The Morgan fingerprint density at radius 3 is 1.94 bits per heavy atom. The van der Waals surface area contributed by atoms with Crippen LogP contribution >= 0.6 is 0 Å². The molecular formula is C15H21NO2. The summed E-state index contributed by atoms with van der Waals surface area (Å²) in [7, 11) is 0. The monoisotopic (exact) mass is 247 g/mol. The quantitative estimate of drug-likeness (QED) is 0.494. The minimum atomic E-state index is 0.617. The molecule has 1 aromatic rings. The first-order valence-corrected chi connectivity index (χ1v) is 6.04. The van der Waals surface area contributed by atoms with E-state index >= 15 is 0 Å². The Morgan fingerprint density at radius 2 is 1.50 bits per heavy atom. The zero-order valence-corrected chi connectivity index (χ0v) is 11.0. The molecule has 0 bridgehead atoms. The maximum atomic E-state index is 5.18. The smallest absolute Gasteiger partial charge is 0.105 e. The van der Waals surface area contributed by atoms with Crippen molar-refractivity contribution in [2.45, 2.75) is 6.92 Å². The summed E-state index contributed by atoms with van der Waals surface area (Å²) in [5, 5.41) is 0. The molecule has 0 unspecified atom stereocenters. The first-order chi connectivity index (χ1) is 8.77. The summed E-state index contributed by atoms with van der Waals surface area (Å²) < 4.78 is 10.4. The molecule has 18 heavy (non-hydrogen) atoms. The van der Waals surface area contributed by atoms with Crippen LogP contribution in [0.2, 0.25) is 0 Å². The van der Waals surface area contributed by atoms with Crippen molar-refractivity contribution in [2.75, 3.05) is 31.2 Å². The number of ether oxygens (including phenoxy) is 2. The second-order valence-corrected chi connectivity index (χ2v) is 3.90. The fourth-order valence-electron chi connectivity index (χ4n) is 1.62. The van der Waals surface area contributed by atoms with Gasteiger partial charge in [-0.3, -0.25) is 0 Å². The van der Waals surface area contributed by atoms with Gasteiger partial charge in [-0.2, -0.15) is 0 Å². The van der Waals surface area contributed by atoms with Crippen LogP contribution in [0.3, 0.4) is 0 Å². The number of nitrogens with zero attached hydrogens (tertiary/aromatic N) is 1. The first kappa shape index (κ1) is 14.2. The van der Waals surface area contributed by atoms with Gasteiger partial charge < -0.3 is 14.4 Å². The van der Waals surface area contributed by atoms with E-state index in [2.05, 4.69) is 49.2 Å². The molecule has 0 spiro atoms. The number of anilines is 1. The van der Waals surface area contributed by atoms with Crippen LogP contribution in [-0.2, 0) is 9.47 Å². The number of benzene rings is 1. The molecule has 1 rings (SSSR count). The average Bonchev–Trinajstić information content (AvgIpc) is 2.38. The topological polar surface area (TPSA) is 21.7 Å². The van der Waals surface area contributed by atoms with E-state index in [4.69, 9.17) is 9.47 Å². The summed E-state index contributed by atoms with van der Waals surface area (Å²) in [5.41, 5.74) is 2.42. The van der Waals surface area contributed by atoms with E-state index in [1.165, 1.54) is 23.8 Å². The minimum Gasteiger partial charge on any atom is -0.500 e. The summed E-state index contributed by atoms with van der Waals surface area (Å²) in [6.07, 6.45) is 2.93. The Morgan fingerprint density at radius 1 is 1.00 bits per heavy atom. The van der Waals surface area contributed by atoms with Crippen molar-refractivity contribution in [1.82, 2.24) is 0 Å². The van der Waals surface area contributed by atoms with Gasteiger partial charge in [-0.1, -0.05) is 30.9 Å². The fourth-order valence-corrected chi connectivity index (χ4v) is 1.62. The summed E-state index contributed by atoms with van der Waals surface area (Å²) >= 11 is 0. The van der Waals surface area contributed by atoms with E-state index < -0.39 is 0 Å². The van der Waals surface area contributed by atoms with Crippen LogP contribution in [0.4, 0.5) is 5.69 Å². The average molecular weight is 247 g/mol. The van der Waals surface area contributed by atoms with E-state index in [-0.39, 0.29) is 0 Å². The Hall–Kier alpha value is -1.90. The Kier molecular flexibility index (Phi) is 6.47. The van der Waals surface area contributed by atoms with Gasteiger partial charge in [0.1, 0.15) is 13.2 Å². The molecule has 0 saturated carbocycles. The molecule has 0 aliphatic carbocycles. The highest BCUT2D eigenvalue weighted by Crippen LogP contribution is 2.14. The molecule has 98 valence electrons. The van der Waals surface area contributed by atoms with Gasteiger partial charge in [-0.15, -0.1) is 0 Å². The van der Waals surface area contributed by atoms with Gasteiger partial charge in [0.2, 0.25) is 0 Å². The number of aryl methyl sites for hydroxylation is 1. The van der Waals surface area contributed by atoms with Gasteiger partial charge in [0.25, 0.3) is 0 Å². The van der Waals surface area contributed by atoms with E-state index in [0.29, 0.717) is 13.2 Å². The maximum Gasteiger partial charge on any atom is 0.105 e. The highest BCUT2D eigenvalue weighted by atomic mass is 16.5. The number of hydrogen-bond acceptors (Lipinski definition) is 3. The van der Waals surface area contributed by atoms with Crippen molar-refractivity contribution in [2.24, 2.45) is 0 Å². The van der Waals surface area contributed by atoms with Gasteiger partial charge in [0.05, 0.1) is 25.6 Å². The number of rotatable bonds is 9. The second-order valence-electron chi connectivity index (χ2n) is 3.90. The second kappa shape index (κ2) is 8.23. The minimum absolute atomic E-state index is 0.617. The third-order valence-corrected chi connectivity index (χ3v) is 2.59. The highest BCUT2D eigenvalue weighted by molar-refractivity contribution is 5.47. The Balaban J connectivity index is 2.59. The molecule has 0 N–H and O–H groups in total. The molecule has 0 heterocycles. The fraction of sp³-hybridized carbons (Fsp3) is 0.333. The van der Waals surface area contributed by atoms with Crippen LogP contribution < -0.4 is 4.90 Å². The molecule has 0 fully saturated rings. The van der Waals surface area contributed by atoms with Crippen molar-refractivity contribution in [1.29, 1.82) is 0 Å². The van der Waals surface area contributed by atoms with Crippen LogP contribution in [0.1, 0.15) is 5.56 Å². The van der Waals surface area contributed by atoms with E-state index in [1.54, 1.807) is 0 Å². The van der Waals surface area contributed by atoms with Crippen molar-refractivity contribution in [3.63, 3.8) is 0 Å². The first-order valence-electron chi connectivity index (χ1n) is 6.04. The van der Waals surface area contributed by atoms with Crippen molar-refractivity contribution in [3.05, 3.63) is 55.5 Å². The SMILES string of the molecule is C=COCCN(CCOC=C)c1ccc(C)cc1. The number of hydrogen-bond donors (Lipinski definition) is 0. The summed E-state index contributed by atoms with van der Waals surface area (Å²) in [5.74, 6) is 0. The van der Waals surface area contributed by atoms with Crippen LogP contribution in [0.5, 0.6) is 0 Å². The molecule has 0 aliphatic heterocycles. The van der Waals surface area contributed by atoms with Crippen LogP contribution in [0.25, 0.3) is 0 Å². The van der Waals surface area contributed by atoms with Crippen LogP contribution in [-0.4, -0.2) is 26.3 Å². The summed E-state index contributed by atoms with van der Waals surface area (Å²) in [6, 6.07) is 8.42. The zero-order valence-electron chi connectivity index (χ0n) is 11.0. The largest absolute Gasteiger partial charge is 0.500 e. The molecule has 0 radical (unpaired) electrons. The molecule has 3 heteroatoms. The van der Waals surface area contributed by atoms with E-state index in [0.717, 1.165) is 13.1 Å². The lowest BCUT2D eigenvalue weighted by molar-refractivity contribution is 0.240. The maximum absolute atomic E-state index is 5.18. The molecule has 0 saturated heterocycles.